The van der Waals surface area contributed by atoms with Gasteiger partial charge in [0.1, 0.15) is 11.3 Å². The molecule has 6 nitrogen and oxygen atoms in total. The lowest BCUT2D eigenvalue weighted by atomic mass is 9.99. The summed E-state index contributed by atoms with van der Waals surface area (Å²) in [6.45, 7) is 2.77. The third kappa shape index (κ3) is 4.79. The highest BCUT2D eigenvalue weighted by molar-refractivity contribution is 7.92. The molecule has 1 aliphatic carbocycles. The third-order valence-electron chi connectivity index (χ3n) is 5.81. The highest BCUT2D eigenvalue weighted by atomic mass is 32.2. The largest absolute Gasteiger partial charge is 0.508 e. The van der Waals surface area contributed by atoms with Gasteiger partial charge in [0.15, 0.2) is 0 Å². The summed E-state index contributed by atoms with van der Waals surface area (Å²) < 4.78 is 33.9. The number of fused-ring (bicyclic) bond motifs is 1. The lowest BCUT2D eigenvalue weighted by Gasteiger charge is -2.19. The van der Waals surface area contributed by atoms with E-state index in [1.54, 1.807) is 18.2 Å². The molecule has 3 N–H and O–H groups in total. The minimum Gasteiger partial charge on any atom is -0.508 e. The first-order valence-electron chi connectivity index (χ1n) is 10.5. The summed E-state index contributed by atoms with van der Waals surface area (Å²) in [7, 11) is -3.89. The van der Waals surface area contributed by atoms with Crippen LogP contribution in [0.25, 0.3) is 11.0 Å². The van der Waals surface area contributed by atoms with Crippen LogP contribution < -0.4 is 10.0 Å². The van der Waals surface area contributed by atoms with Crippen LogP contribution in [0.2, 0.25) is 0 Å². The van der Waals surface area contributed by atoms with Crippen molar-refractivity contribution < 1.29 is 17.9 Å². The van der Waals surface area contributed by atoms with Crippen molar-refractivity contribution in [3.05, 3.63) is 54.1 Å². The number of para-hydroxylation sites is 1. The van der Waals surface area contributed by atoms with Crippen molar-refractivity contribution in [2.45, 2.75) is 56.7 Å². The monoisotopic (exact) mass is 428 g/mol. The number of nitrogens with one attached hydrogen (secondary N) is 2. The maximum absolute atomic E-state index is 12.9. The first-order chi connectivity index (χ1) is 14.4. The minimum absolute atomic E-state index is 0.0587. The molecular formula is C23H28N2O4S. The van der Waals surface area contributed by atoms with Crippen LogP contribution in [0.5, 0.6) is 5.75 Å². The standard InChI is InChI=1S/C23H28N2O4S/c1-16(12-17-6-2-3-7-17)24-15-18-8-4-5-9-21(18)25-30(27,28)23-14-19-13-20(26)10-11-22(19)29-23/h4-5,8-11,13-14,16-17,24-26H,2-3,6-7,12,15H2,1H3/t16-/m0/s1. The van der Waals surface area contributed by atoms with E-state index in [-0.39, 0.29) is 10.8 Å². The normalized spacial score (nSPS) is 16.2. The quantitative estimate of drug-likeness (QED) is 0.470. The van der Waals surface area contributed by atoms with Crippen LogP contribution in [0, 0.1) is 5.92 Å². The number of furan rings is 1. The second kappa shape index (κ2) is 8.70. The van der Waals surface area contributed by atoms with E-state index in [1.807, 2.05) is 12.1 Å². The Morgan fingerprint density at radius 2 is 1.90 bits per heavy atom. The number of sulfonamides is 1. The van der Waals surface area contributed by atoms with Gasteiger partial charge < -0.3 is 14.8 Å². The van der Waals surface area contributed by atoms with Crippen molar-refractivity contribution >= 4 is 26.7 Å². The number of benzene rings is 2. The van der Waals surface area contributed by atoms with Crippen LogP contribution in [-0.2, 0) is 16.6 Å². The van der Waals surface area contributed by atoms with Crippen LogP contribution in [0.15, 0.2) is 58.0 Å². The molecule has 0 radical (unpaired) electrons. The highest BCUT2D eigenvalue weighted by Gasteiger charge is 2.22. The number of phenolic OH excluding ortho intramolecular Hbond substituents is 1. The van der Waals surface area contributed by atoms with E-state index in [0.717, 1.165) is 17.9 Å². The van der Waals surface area contributed by atoms with E-state index in [0.29, 0.717) is 29.2 Å². The summed E-state index contributed by atoms with van der Waals surface area (Å²) in [6.07, 6.45) is 6.46. The molecule has 1 aliphatic rings. The molecule has 2 aromatic carbocycles. The van der Waals surface area contributed by atoms with Gasteiger partial charge in [-0.3, -0.25) is 4.72 Å². The number of hydrogen-bond acceptors (Lipinski definition) is 5. The van der Waals surface area contributed by atoms with Crippen LogP contribution in [0.4, 0.5) is 5.69 Å². The van der Waals surface area contributed by atoms with Gasteiger partial charge in [0.05, 0.1) is 5.69 Å². The highest BCUT2D eigenvalue weighted by Crippen LogP contribution is 2.29. The molecule has 0 amide bonds. The molecule has 3 aromatic rings. The molecule has 1 fully saturated rings. The molecule has 30 heavy (non-hydrogen) atoms. The van der Waals surface area contributed by atoms with E-state index in [4.69, 9.17) is 4.42 Å². The average Bonchev–Trinajstić information content (AvgIpc) is 3.36. The molecule has 0 spiro atoms. The Hall–Kier alpha value is -2.51. The summed E-state index contributed by atoms with van der Waals surface area (Å²) in [5.74, 6) is 0.858. The predicted octanol–water partition coefficient (Wildman–Crippen LogP) is 5.00. The van der Waals surface area contributed by atoms with Gasteiger partial charge in [-0.25, -0.2) is 0 Å². The number of anilines is 1. The number of rotatable bonds is 8. The fraction of sp³-hybridized carbons (Fsp3) is 0.391. The first-order valence-corrected chi connectivity index (χ1v) is 12.0. The Bertz CT molecular complexity index is 1120. The summed E-state index contributed by atoms with van der Waals surface area (Å²) in [4.78, 5) is 0. The lowest BCUT2D eigenvalue weighted by Crippen LogP contribution is -2.28. The molecule has 1 aromatic heterocycles. The maximum atomic E-state index is 12.9. The predicted molar refractivity (Wildman–Crippen MR) is 118 cm³/mol. The summed E-state index contributed by atoms with van der Waals surface area (Å²) in [5, 5.41) is 13.5. The van der Waals surface area contributed by atoms with Crippen molar-refractivity contribution in [1.82, 2.24) is 5.32 Å². The Morgan fingerprint density at radius 1 is 1.13 bits per heavy atom. The number of hydrogen-bond donors (Lipinski definition) is 3. The fourth-order valence-corrected chi connectivity index (χ4v) is 5.29. The third-order valence-corrected chi connectivity index (χ3v) is 7.03. The van der Waals surface area contributed by atoms with Gasteiger partial charge in [0.2, 0.25) is 5.09 Å². The summed E-state index contributed by atoms with van der Waals surface area (Å²) in [5.41, 5.74) is 1.82. The smallest absolute Gasteiger partial charge is 0.295 e. The summed E-state index contributed by atoms with van der Waals surface area (Å²) in [6, 6.07) is 13.7. The van der Waals surface area contributed by atoms with Gasteiger partial charge in [-0.2, -0.15) is 8.42 Å². The van der Waals surface area contributed by atoms with Crippen LogP contribution >= 0.6 is 0 Å². The van der Waals surface area contributed by atoms with Crippen LogP contribution in [0.3, 0.4) is 0 Å². The average molecular weight is 429 g/mol. The van der Waals surface area contributed by atoms with Crippen molar-refractivity contribution in [3.63, 3.8) is 0 Å². The van der Waals surface area contributed by atoms with Gasteiger partial charge in [-0.05, 0) is 49.1 Å². The molecule has 0 aliphatic heterocycles. The Kier molecular flexibility index (Phi) is 6.01. The molecule has 160 valence electrons. The van der Waals surface area contributed by atoms with Crippen molar-refractivity contribution in [2.24, 2.45) is 5.92 Å². The molecule has 1 heterocycles. The zero-order valence-electron chi connectivity index (χ0n) is 17.1. The molecule has 0 bridgehead atoms. The summed E-state index contributed by atoms with van der Waals surface area (Å²) >= 11 is 0. The molecule has 7 heteroatoms. The number of phenols is 1. The zero-order valence-corrected chi connectivity index (χ0v) is 17.9. The van der Waals surface area contributed by atoms with Gasteiger partial charge in [-0.1, -0.05) is 43.9 Å². The minimum atomic E-state index is -3.89. The van der Waals surface area contributed by atoms with E-state index in [2.05, 4.69) is 17.0 Å². The zero-order chi connectivity index (χ0) is 21.1. The van der Waals surface area contributed by atoms with E-state index >= 15 is 0 Å². The first kappa shape index (κ1) is 20.8. The van der Waals surface area contributed by atoms with Gasteiger partial charge in [0.25, 0.3) is 10.0 Å². The number of aromatic hydroxyl groups is 1. The Labute approximate surface area is 177 Å². The second-order valence-corrected chi connectivity index (χ2v) is 9.83. The molecule has 4 rings (SSSR count). The van der Waals surface area contributed by atoms with Crippen LogP contribution in [0.1, 0.15) is 44.6 Å². The van der Waals surface area contributed by atoms with Gasteiger partial charge >= 0.3 is 0 Å². The van der Waals surface area contributed by atoms with Crippen LogP contribution in [-0.4, -0.2) is 19.6 Å². The SMILES string of the molecule is C[C@@H](CC1CCCC1)NCc1ccccc1NS(=O)(=O)c1cc2cc(O)ccc2o1. The van der Waals surface area contributed by atoms with E-state index < -0.39 is 10.0 Å². The Balaban J connectivity index is 1.47. The van der Waals surface area contributed by atoms with Gasteiger partial charge in [-0.15, -0.1) is 0 Å². The fourth-order valence-electron chi connectivity index (χ4n) is 4.22. The second-order valence-electron chi connectivity index (χ2n) is 8.22. The van der Waals surface area contributed by atoms with E-state index in [1.165, 1.54) is 43.9 Å². The maximum Gasteiger partial charge on any atom is 0.295 e. The molecule has 0 saturated heterocycles. The van der Waals surface area contributed by atoms with Crippen molar-refractivity contribution in [1.29, 1.82) is 0 Å². The molecule has 1 atom stereocenters. The lowest BCUT2D eigenvalue weighted by molar-refractivity contribution is 0.404. The van der Waals surface area contributed by atoms with Crippen molar-refractivity contribution in [3.8, 4) is 5.75 Å². The van der Waals surface area contributed by atoms with Crippen molar-refractivity contribution in [2.75, 3.05) is 4.72 Å². The van der Waals surface area contributed by atoms with E-state index in [9.17, 15) is 13.5 Å². The Morgan fingerprint density at radius 3 is 2.70 bits per heavy atom. The topological polar surface area (TPSA) is 91.6 Å². The molecular weight excluding hydrogens is 400 g/mol. The van der Waals surface area contributed by atoms with Gasteiger partial charge in [0, 0.05) is 24.0 Å². The molecule has 0 unspecified atom stereocenters. The molecule has 1 saturated carbocycles.